The minimum absolute atomic E-state index is 1.25. The number of rotatable bonds is 1. The van der Waals surface area contributed by atoms with Crippen LogP contribution < -0.4 is 5.32 Å². The Hall–Kier alpha value is -1.50. The van der Waals surface area contributed by atoms with Gasteiger partial charge in [-0.1, -0.05) is 38.1 Å². The van der Waals surface area contributed by atoms with E-state index in [1.807, 2.05) is 20.9 Å². The largest absolute Gasteiger partial charge is 0.388 e. The molecule has 0 fully saturated rings. The number of benzene rings is 2. The minimum Gasteiger partial charge on any atom is -0.388 e. The molecule has 0 saturated heterocycles. The van der Waals surface area contributed by atoms with Crippen molar-refractivity contribution in [3.63, 3.8) is 0 Å². The topological polar surface area (TPSA) is 12.0 Å². The molecule has 0 amide bonds. The SMILES string of the molecule is CC.CNc1c(C)cc2ccccc2c1C. The summed E-state index contributed by atoms with van der Waals surface area (Å²) in [5.41, 5.74) is 3.90. The molecule has 1 heteroatoms. The quantitative estimate of drug-likeness (QED) is 0.737. The van der Waals surface area contributed by atoms with E-state index in [9.17, 15) is 0 Å². The highest BCUT2D eigenvalue weighted by Crippen LogP contribution is 2.28. The highest BCUT2D eigenvalue weighted by Gasteiger charge is 2.04. The Labute approximate surface area is 98.5 Å². The summed E-state index contributed by atoms with van der Waals surface area (Å²) < 4.78 is 0. The lowest BCUT2D eigenvalue weighted by atomic mass is 10.00. The average Bonchev–Trinajstić information content (AvgIpc) is 2.32. The molecule has 1 N–H and O–H groups in total. The Morgan fingerprint density at radius 1 is 1.00 bits per heavy atom. The van der Waals surface area contributed by atoms with Crippen LogP contribution in [0, 0.1) is 13.8 Å². The fraction of sp³-hybridized carbons (Fsp3) is 0.333. The molecule has 1 nitrogen and oxygen atoms in total. The van der Waals surface area contributed by atoms with E-state index < -0.39 is 0 Å². The maximum absolute atomic E-state index is 3.26. The Morgan fingerprint density at radius 2 is 1.62 bits per heavy atom. The van der Waals surface area contributed by atoms with Gasteiger partial charge in [-0.3, -0.25) is 0 Å². The van der Waals surface area contributed by atoms with Crippen molar-refractivity contribution in [2.24, 2.45) is 0 Å². The van der Waals surface area contributed by atoms with Gasteiger partial charge in [0.2, 0.25) is 0 Å². The zero-order valence-corrected chi connectivity index (χ0v) is 10.9. The van der Waals surface area contributed by atoms with Gasteiger partial charge in [0.05, 0.1) is 0 Å². The summed E-state index contributed by atoms with van der Waals surface area (Å²) in [7, 11) is 1.98. The molecule has 0 radical (unpaired) electrons. The van der Waals surface area contributed by atoms with Crippen LogP contribution in [0.25, 0.3) is 10.8 Å². The Kier molecular flexibility index (Phi) is 4.36. The molecule has 0 bridgehead atoms. The zero-order valence-electron chi connectivity index (χ0n) is 10.9. The van der Waals surface area contributed by atoms with Crippen LogP contribution in [0.4, 0.5) is 5.69 Å². The van der Waals surface area contributed by atoms with Gasteiger partial charge in [0.25, 0.3) is 0 Å². The van der Waals surface area contributed by atoms with Crippen molar-refractivity contribution in [2.75, 3.05) is 12.4 Å². The van der Waals surface area contributed by atoms with Gasteiger partial charge in [-0.25, -0.2) is 0 Å². The summed E-state index contributed by atoms with van der Waals surface area (Å²) in [6, 6.07) is 10.7. The molecule has 0 aliphatic heterocycles. The van der Waals surface area contributed by atoms with Crippen molar-refractivity contribution < 1.29 is 0 Å². The molecular formula is C15H21N. The second-order valence-corrected chi connectivity index (χ2v) is 3.66. The molecule has 0 saturated carbocycles. The van der Waals surface area contributed by atoms with Crippen LogP contribution in [0.5, 0.6) is 0 Å². The van der Waals surface area contributed by atoms with Gasteiger partial charge in [-0.2, -0.15) is 0 Å². The molecule has 2 rings (SSSR count). The standard InChI is InChI=1S/C13H15N.C2H6/c1-9-8-11-6-4-5-7-12(11)10(2)13(9)14-3;1-2/h4-8,14H,1-3H3;1-2H3. The van der Waals surface area contributed by atoms with Gasteiger partial charge >= 0.3 is 0 Å². The fourth-order valence-corrected chi connectivity index (χ4v) is 2.08. The van der Waals surface area contributed by atoms with E-state index in [0.717, 1.165) is 0 Å². The van der Waals surface area contributed by atoms with Crippen molar-refractivity contribution in [3.8, 4) is 0 Å². The molecule has 0 aliphatic carbocycles. The molecule has 86 valence electrons. The predicted molar refractivity (Wildman–Crippen MR) is 74.3 cm³/mol. The second kappa shape index (κ2) is 5.55. The lowest BCUT2D eigenvalue weighted by Gasteiger charge is -2.12. The average molecular weight is 215 g/mol. The van der Waals surface area contributed by atoms with E-state index in [1.54, 1.807) is 0 Å². The van der Waals surface area contributed by atoms with Crippen LogP contribution in [0.3, 0.4) is 0 Å². The van der Waals surface area contributed by atoms with Crippen molar-refractivity contribution >= 4 is 16.5 Å². The summed E-state index contributed by atoms with van der Waals surface area (Å²) in [6.07, 6.45) is 0. The number of nitrogens with one attached hydrogen (secondary N) is 1. The van der Waals surface area contributed by atoms with Crippen LogP contribution in [-0.2, 0) is 0 Å². The summed E-state index contributed by atoms with van der Waals surface area (Å²) in [5.74, 6) is 0. The number of anilines is 1. The normalized spacial score (nSPS) is 9.56. The summed E-state index contributed by atoms with van der Waals surface area (Å²) in [5, 5.41) is 5.91. The highest BCUT2D eigenvalue weighted by molar-refractivity contribution is 5.91. The molecule has 2 aromatic rings. The Balaban J connectivity index is 0.000000606. The van der Waals surface area contributed by atoms with Gasteiger partial charge in [0.1, 0.15) is 0 Å². The number of hydrogen-bond donors (Lipinski definition) is 1. The van der Waals surface area contributed by atoms with Crippen LogP contribution in [0.15, 0.2) is 30.3 Å². The third kappa shape index (κ3) is 2.19. The van der Waals surface area contributed by atoms with Gasteiger partial charge in [-0.15, -0.1) is 0 Å². The van der Waals surface area contributed by atoms with E-state index >= 15 is 0 Å². The molecule has 2 aromatic carbocycles. The van der Waals surface area contributed by atoms with E-state index in [-0.39, 0.29) is 0 Å². The summed E-state index contributed by atoms with van der Waals surface area (Å²) in [6.45, 7) is 8.31. The lowest BCUT2D eigenvalue weighted by Crippen LogP contribution is -1.95. The smallest absolute Gasteiger partial charge is 0.0403 e. The lowest BCUT2D eigenvalue weighted by molar-refractivity contribution is 1.37. The Bertz CT molecular complexity index is 472. The molecular weight excluding hydrogens is 194 g/mol. The van der Waals surface area contributed by atoms with E-state index in [2.05, 4.69) is 49.5 Å². The molecule has 16 heavy (non-hydrogen) atoms. The van der Waals surface area contributed by atoms with Gasteiger partial charge in [-0.05, 0) is 41.8 Å². The second-order valence-electron chi connectivity index (χ2n) is 3.66. The van der Waals surface area contributed by atoms with Crippen LogP contribution in [0.1, 0.15) is 25.0 Å². The van der Waals surface area contributed by atoms with Crippen LogP contribution >= 0.6 is 0 Å². The fourth-order valence-electron chi connectivity index (χ4n) is 2.08. The van der Waals surface area contributed by atoms with Crippen molar-refractivity contribution in [2.45, 2.75) is 27.7 Å². The number of hydrogen-bond acceptors (Lipinski definition) is 1. The maximum atomic E-state index is 3.26. The first-order chi connectivity index (χ1) is 7.74. The molecule has 0 heterocycles. The van der Waals surface area contributed by atoms with Gasteiger partial charge in [0.15, 0.2) is 0 Å². The summed E-state index contributed by atoms with van der Waals surface area (Å²) >= 11 is 0. The molecule has 0 aliphatic rings. The number of aryl methyl sites for hydroxylation is 2. The van der Waals surface area contributed by atoms with Crippen LogP contribution in [-0.4, -0.2) is 7.05 Å². The van der Waals surface area contributed by atoms with E-state index in [4.69, 9.17) is 0 Å². The minimum atomic E-state index is 1.25. The van der Waals surface area contributed by atoms with Crippen molar-refractivity contribution in [3.05, 3.63) is 41.5 Å². The molecule has 0 unspecified atom stereocenters. The zero-order chi connectivity index (χ0) is 12.1. The Morgan fingerprint density at radius 3 is 2.25 bits per heavy atom. The third-order valence-electron chi connectivity index (χ3n) is 2.76. The first-order valence-corrected chi connectivity index (χ1v) is 5.90. The molecule has 0 aromatic heterocycles. The maximum Gasteiger partial charge on any atom is 0.0403 e. The highest BCUT2D eigenvalue weighted by atomic mass is 14.8. The van der Waals surface area contributed by atoms with Crippen LogP contribution in [0.2, 0.25) is 0 Å². The van der Waals surface area contributed by atoms with E-state index in [0.29, 0.717) is 0 Å². The monoisotopic (exact) mass is 215 g/mol. The molecule has 0 atom stereocenters. The first kappa shape index (κ1) is 12.6. The summed E-state index contributed by atoms with van der Waals surface area (Å²) in [4.78, 5) is 0. The van der Waals surface area contributed by atoms with Crippen molar-refractivity contribution in [1.29, 1.82) is 0 Å². The first-order valence-electron chi connectivity index (χ1n) is 5.90. The van der Waals surface area contributed by atoms with Crippen molar-refractivity contribution in [1.82, 2.24) is 0 Å². The third-order valence-corrected chi connectivity index (χ3v) is 2.76. The molecule has 0 spiro atoms. The predicted octanol–water partition coefficient (Wildman–Crippen LogP) is 4.52. The van der Waals surface area contributed by atoms with E-state index in [1.165, 1.54) is 27.6 Å². The van der Waals surface area contributed by atoms with Gasteiger partial charge < -0.3 is 5.32 Å². The van der Waals surface area contributed by atoms with Gasteiger partial charge in [0, 0.05) is 12.7 Å². The number of fused-ring (bicyclic) bond motifs is 1.